The van der Waals surface area contributed by atoms with Gasteiger partial charge in [-0.3, -0.25) is 9.10 Å². The molecule has 0 aromatic heterocycles. The van der Waals surface area contributed by atoms with Gasteiger partial charge in [0.05, 0.1) is 22.0 Å². The Hall–Kier alpha value is -1.31. The van der Waals surface area contributed by atoms with Crippen molar-refractivity contribution in [3.63, 3.8) is 0 Å². The number of nitrogens with zero attached hydrogens (tertiary/aromatic N) is 2. The lowest BCUT2D eigenvalue weighted by atomic mass is 9.99. The van der Waals surface area contributed by atoms with Gasteiger partial charge < -0.3 is 0 Å². The number of sulfonamides is 1. The van der Waals surface area contributed by atoms with Gasteiger partial charge in [0.15, 0.2) is 0 Å². The molecule has 24 heavy (non-hydrogen) atoms. The minimum absolute atomic E-state index is 0.0796. The van der Waals surface area contributed by atoms with Crippen LogP contribution in [-0.4, -0.2) is 32.8 Å². The Morgan fingerprint density at radius 1 is 1.25 bits per heavy atom. The molecule has 1 N–H and O–H groups in total. The third-order valence-corrected chi connectivity index (χ3v) is 5.59. The van der Waals surface area contributed by atoms with Crippen LogP contribution in [0.5, 0.6) is 0 Å². The number of hydrazone groups is 1. The van der Waals surface area contributed by atoms with Crippen LogP contribution in [0.1, 0.15) is 32.1 Å². The van der Waals surface area contributed by atoms with E-state index in [9.17, 15) is 13.2 Å². The van der Waals surface area contributed by atoms with Crippen molar-refractivity contribution in [3.05, 3.63) is 28.2 Å². The molecule has 1 amide bonds. The molecule has 0 unspecified atom stereocenters. The maximum absolute atomic E-state index is 12.1. The number of nitrogens with one attached hydrogen (secondary N) is 1. The largest absolute Gasteiger partial charge is 0.271 e. The number of benzene rings is 1. The molecule has 132 valence electrons. The quantitative estimate of drug-likeness (QED) is 0.782. The summed E-state index contributed by atoms with van der Waals surface area (Å²) in [6, 6.07) is 4.61. The summed E-state index contributed by atoms with van der Waals surface area (Å²) in [5.41, 5.74) is 3.52. The summed E-state index contributed by atoms with van der Waals surface area (Å²) in [6.07, 6.45) is 6.00. The Bertz CT molecular complexity index is 742. The first-order chi connectivity index (χ1) is 11.3. The summed E-state index contributed by atoms with van der Waals surface area (Å²) in [4.78, 5) is 12.1. The van der Waals surface area contributed by atoms with Gasteiger partial charge in [0.25, 0.3) is 5.91 Å². The van der Waals surface area contributed by atoms with E-state index in [-0.39, 0.29) is 15.7 Å². The maximum Gasteiger partial charge on any atom is 0.260 e. The summed E-state index contributed by atoms with van der Waals surface area (Å²) in [5, 5.41) is 4.38. The van der Waals surface area contributed by atoms with Gasteiger partial charge in [-0.2, -0.15) is 5.10 Å². The van der Waals surface area contributed by atoms with Gasteiger partial charge in [-0.25, -0.2) is 13.8 Å². The molecule has 0 bridgehead atoms. The first kappa shape index (κ1) is 19.0. The van der Waals surface area contributed by atoms with E-state index in [1.165, 1.54) is 12.5 Å². The van der Waals surface area contributed by atoms with Crippen molar-refractivity contribution in [2.24, 2.45) is 5.10 Å². The molecule has 9 heteroatoms. The molecule has 0 atom stereocenters. The number of amides is 1. The van der Waals surface area contributed by atoms with E-state index in [4.69, 9.17) is 23.2 Å². The summed E-state index contributed by atoms with van der Waals surface area (Å²) in [6.45, 7) is -0.421. The summed E-state index contributed by atoms with van der Waals surface area (Å²) in [7, 11) is -3.71. The van der Waals surface area contributed by atoms with Crippen molar-refractivity contribution in [1.82, 2.24) is 5.43 Å². The number of rotatable bonds is 5. The number of hydrogen-bond acceptors (Lipinski definition) is 4. The van der Waals surface area contributed by atoms with Crippen LogP contribution in [0, 0.1) is 0 Å². The van der Waals surface area contributed by atoms with Gasteiger partial charge in [0.2, 0.25) is 10.0 Å². The zero-order valence-corrected chi connectivity index (χ0v) is 15.6. The molecular weight excluding hydrogens is 373 g/mol. The molecule has 0 spiro atoms. The Labute approximate surface area is 151 Å². The smallest absolute Gasteiger partial charge is 0.260 e. The molecule has 1 aromatic rings. The highest BCUT2D eigenvalue weighted by Gasteiger charge is 2.24. The Balaban J connectivity index is 2.15. The zero-order chi connectivity index (χ0) is 17.7. The molecule has 0 radical (unpaired) electrons. The van der Waals surface area contributed by atoms with Gasteiger partial charge >= 0.3 is 0 Å². The van der Waals surface area contributed by atoms with Gasteiger partial charge in [-0.05, 0) is 37.8 Å². The topological polar surface area (TPSA) is 78.8 Å². The average molecular weight is 392 g/mol. The van der Waals surface area contributed by atoms with Crippen molar-refractivity contribution in [1.29, 1.82) is 0 Å². The molecule has 1 fully saturated rings. The SMILES string of the molecule is CS(=O)(=O)N(CC(=O)NN=C1CCCCC1)c1cccc(Cl)c1Cl. The Kier molecular flexibility index (Phi) is 6.48. The average Bonchev–Trinajstić information content (AvgIpc) is 2.53. The molecule has 0 aliphatic heterocycles. The Morgan fingerprint density at radius 2 is 1.92 bits per heavy atom. The fraction of sp³-hybridized carbons (Fsp3) is 0.467. The first-order valence-corrected chi connectivity index (χ1v) is 10.2. The van der Waals surface area contributed by atoms with Gasteiger partial charge in [0, 0.05) is 5.71 Å². The van der Waals surface area contributed by atoms with E-state index >= 15 is 0 Å². The van der Waals surface area contributed by atoms with Crippen molar-refractivity contribution in [3.8, 4) is 0 Å². The van der Waals surface area contributed by atoms with Gasteiger partial charge in [-0.15, -0.1) is 0 Å². The molecular formula is C15H19Cl2N3O3S. The molecule has 0 heterocycles. The monoisotopic (exact) mass is 391 g/mol. The van der Waals surface area contributed by atoms with Gasteiger partial charge in [-0.1, -0.05) is 35.7 Å². The molecule has 1 aliphatic carbocycles. The van der Waals surface area contributed by atoms with Crippen LogP contribution >= 0.6 is 23.2 Å². The lowest BCUT2D eigenvalue weighted by molar-refractivity contribution is -0.119. The molecule has 1 aromatic carbocycles. The number of hydrogen-bond donors (Lipinski definition) is 1. The molecule has 1 saturated carbocycles. The Morgan fingerprint density at radius 3 is 2.54 bits per heavy atom. The van der Waals surface area contributed by atoms with E-state index in [0.717, 1.165) is 42.0 Å². The van der Waals surface area contributed by atoms with Gasteiger partial charge in [0.1, 0.15) is 6.54 Å². The number of anilines is 1. The van der Waals surface area contributed by atoms with Crippen molar-refractivity contribution in [2.75, 3.05) is 17.1 Å². The van der Waals surface area contributed by atoms with E-state index in [0.29, 0.717) is 0 Å². The summed E-state index contributed by atoms with van der Waals surface area (Å²) >= 11 is 12.0. The molecule has 0 saturated heterocycles. The van der Waals surface area contributed by atoms with E-state index < -0.39 is 22.5 Å². The van der Waals surface area contributed by atoms with E-state index in [1.807, 2.05) is 0 Å². The molecule has 1 aliphatic rings. The van der Waals surface area contributed by atoms with Crippen LogP contribution in [0.25, 0.3) is 0 Å². The third kappa shape index (κ3) is 5.09. The zero-order valence-electron chi connectivity index (χ0n) is 13.3. The number of carbonyl (C=O) groups is 1. The summed E-state index contributed by atoms with van der Waals surface area (Å²) < 4.78 is 25.0. The summed E-state index contributed by atoms with van der Waals surface area (Å²) in [5.74, 6) is -0.533. The molecule has 2 rings (SSSR count). The second-order valence-electron chi connectivity index (χ2n) is 5.62. The minimum Gasteiger partial charge on any atom is -0.271 e. The lowest BCUT2D eigenvalue weighted by Crippen LogP contribution is -2.39. The van der Waals surface area contributed by atoms with Crippen LogP contribution in [0.15, 0.2) is 23.3 Å². The van der Waals surface area contributed by atoms with E-state index in [2.05, 4.69) is 10.5 Å². The fourth-order valence-electron chi connectivity index (χ4n) is 2.44. The third-order valence-electron chi connectivity index (χ3n) is 3.66. The van der Waals surface area contributed by atoms with Crippen LogP contribution in [0.4, 0.5) is 5.69 Å². The van der Waals surface area contributed by atoms with Crippen LogP contribution in [0.3, 0.4) is 0 Å². The van der Waals surface area contributed by atoms with Crippen molar-refractivity contribution < 1.29 is 13.2 Å². The minimum atomic E-state index is -3.71. The predicted octanol–water partition coefficient (Wildman–Crippen LogP) is 3.20. The highest BCUT2D eigenvalue weighted by Crippen LogP contribution is 2.33. The van der Waals surface area contributed by atoms with Crippen LogP contribution in [0.2, 0.25) is 10.0 Å². The second-order valence-corrected chi connectivity index (χ2v) is 8.31. The first-order valence-electron chi connectivity index (χ1n) is 7.55. The standard InChI is InChI=1S/C15H19Cl2N3O3S/c1-24(22,23)20(13-9-5-8-12(16)15(13)17)10-14(21)19-18-11-6-3-2-4-7-11/h5,8-9H,2-4,6-7,10H2,1H3,(H,19,21). The van der Waals surface area contributed by atoms with E-state index in [1.54, 1.807) is 12.1 Å². The van der Waals surface area contributed by atoms with Crippen LogP contribution in [-0.2, 0) is 14.8 Å². The fourth-order valence-corrected chi connectivity index (χ4v) is 3.75. The molecule has 6 nitrogen and oxygen atoms in total. The van der Waals surface area contributed by atoms with Crippen molar-refractivity contribution >= 4 is 50.5 Å². The lowest BCUT2D eigenvalue weighted by Gasteiger charge is -2.23. The number of carbonyl (C=O) groups excluding carboxylic acids is 1. The van der Waals surface area contributed by atoms with Crippen LogP contribution < -0.4 is 9.73 Å². The number of halogens is 2. The normalized spacial score (nSPS) is 15.0. The predicted molar refractivity (Wildman–Crippen MR) is 97.3 cm³/mol. The highest BCUT2D eigenvalue weighted by molar-refractivity contribution is 7.92. The maximum atomic E-state index is 12.1. The highest BCUT2D eigenvalue weighted by atomic mass is 35.5. The van der Waals surface area contributed by atoms with Crippen molar-refractivity contribution in [2.45, 2.75) is 32.1 Å². The second kappa shape index (κ2) is 8.18.